The van der Waals surface area contributed by atoms with E-state index in [1.165, 1.54) is 25.7 Å². The maximum atomic E-state index is 4.55. The van der Waals surface area contributed by atoms with E-state index in [1.807, 2.05) is 0 Å². The Labute approximate surface area is 95.5 Å². The molecule has 1 aliphatic rings. The van der Waals surface area contributed by atoms with Gasteiger partial charge in [0.2, 0.25) is 0 Å². The number of hydrogen-bond donors (Lipinski definition) is 0. The average Bonchev–Trinajstić information content (AvgIpc) is 2.25. The Morgan fingerprint density at radius 3 is 1.50 bits per heavy atom. The van der Waals surface area contributed by atoms with Crippen LogP contribution in [0.3, 0.4) is 0 Å². The van der Waals surface area contributed by atoms with Gasteiger partial charge in [0.05, 0.1) is 23.4 Å². The second-order valence-corrected chi connectivity index (χ2v) is 4.12. The van der Waals surface area contributed by atoms with E-state index < -0.39 is 0 Å². The molecule has 1 aliphatic carbocycles. The molecule has 1 fully saturated rings. The van der Waals surface area contributed by atoms with Gasteiger partial charge in [-0.15, -0.1) is 0 Å². The van der Waals surface area contributed by atoms with Gasteiger partial charge in [-0.05, 0) is 62.0 Å². The van der Waals surface area contributed by atoms with Crippen molar-refractivity contribution in [3.05, 3.63) is 0 Å². The average molecular weight is 226 g/mol. The highest BCUT2D eigenvalue weighted by atomic mass is 32.1. The maximum absolute atomic E-state index is 4.55. The zero-order valence-electron chi connectivity index (χ0n) is 8.11. The van der Waals surface area contributed by atoms with Crippen molar-refractivity contribution in [1.29, 1.82) is 0 Å². The number of aliphatic imine (C=N–C) groups is 2. The highest BCUT2D eigenvalue weighted by Gasteiger charge is 2.20. The highest BCUT2D eigenvalue weighted by Crippen LogP contribution is 2.28. The number of hydrogen-bond acceptors (Lipinski definition) is 4. The largest absolute Gasteiger partial charge is 0.232 e. The van der Waals surface area contributed by atoms with Crippen LogP contribution in [0, 0.1) is 11.8 Å². The summed E-state index contributed by atoms with van der Waals surface area (Å²) in [6.45, 7) is 1.71. The van der Waals surface area contributed by atoms with Crippen LogP contribution in [0.2, 0.25) is 0 Å². The van der Waals surface area contributed by atoms with Gasteiger partial charge in [0.1, 0.15) is 0 Å². The number of rotatable bonds is 4. The molecule has 2 nitrogen and oxygen atoms in total. The molecule has 0 aromatic heterocycles. The molecule has 4 heteroatoms. The molecule has 0 amide bonds. The molecule has 1 saturated carbocycles. The number of isothiocyanates is 2. The fraction of sp³-hybridized carbons (Fsp3) is 0.800. The Kier molecular flexibility index (Phi) is 5.81. The van der Waals surface area contributed by atoms with E-state index in [9.17, 15) is 0 Å². The van der Waals surface area contributed by atoms with Gasteiger partial charge in [0, 0.05) is 0 Å². The first kappa shape index (κ1) is 11.7. The molecule has 14 heavy (non-hydrogen) atoms. The fourth-order valence-electron chi connectivity index (χ4n) is 1.93. The summed E-state index contributed by atoms with van der Waals surface area (Å²) < 4.78 is 0. The van der Waals surface area contributed by atoms with Gasteiger partial charge in [-0.3, -0.25) is 0 Å². The van der Waals surface area contributed by atoms with Crippen molar-refractivity contribution >= 4 is 34.8 Å². The molecular weight excluding hydrogens is 212 g/mol. The van der Waals surface area contributed by atoms with E-state index in [4.69, 9.17) is 0 Å². The summed E-state index contributed by atoms with van der Waals surface area (Å²) in [5.41, 5.74) is 0. The highest BCUT2D eigenvalue weighted by molar-refractivity contribution is 7.78. The van der Waals surface area contributed by atoms with E-state index in [-0.39, 0.29) is 0 Å². The van der Waals surface area contributed by atoms with Crippen molar-refractivity contribution in [1.82, 2.24) is 0 Å². The SMILES string of the molecule is S=C=NCC1CCC(CN=C=S)CC1. The molecule has 0 aromatic rings. The normalized spacial score (nSPS) is 26.0. The van der Waals surface area contributed by atoms with Crippen LogP contribution in [0.25, 0.3) is 0 Å². The summed E-state index contributed by atoms with van der Waals surface area (Å²) in [5, 5.41) is 4.85. The molecular formula is C10H14N2S2. The lowest BCUT2D eigenvalue weighted by molar-refractivity contribution is 0.286. The van der Waals surface area contributed by atoms with Crippen LogP contribution < -0.4 is 0 Å². The minimum absolute atomic E-state index is 0.707. The van der Waals surface area contributed by atoms with E-state index in [0.717, 1.165) is 13.1 Å². The van der Waals surface area contributed by atoms with Crippen LogP contribution in [-0.4, -0.2) is 23.4 Å². The molecule has 0 heterocycles. The second-order valence-electron chi connectivity index (χ2n) is 3.75. The van der Waals surface area contributed by atoms with Crippen LogP contribution in [0.1, 0.15) is 25.7 Å². The van der Waals surface area contributed by atoms with E-state index in [1.54, 1.807) is 0 Å². The molecule has 0 saturated heterocycles. The summed E-state index contributed by atoms with van der Waals surface area (Å²) in [6, 6.07) is 0. The van der Waals surface area contributed by atoms with Crippen molar-refractivity contribution in [3.8, 4) is 0 Å². The molecule has 0 radical (unpaired) electrons. The third kappa shape index (κ3) is 4.21. The van der Waals surface area contributed by atoms with Crippen molar-refractivity contribution in [2.24, 2.45) is 21.8 Å². The number of nitrogens with zero attached hydrogens (tertiary/aromatic N) is 2. The summed E-state index contributed by atoms with van der Waals surface area (Å²) >= 11 is 9.10. The molecule has 0 atom stereocenters. The van der Waals surface area contributed by atoms with Crippen molar-refractivity contribution in [3.63, 3.8) is 0 Å². The zero-order chi connectivity index (χ0) is 10.2. The topological polar surface area (TPSA) is 24.7 Å². The van der Waals surface area contributed by atoms with Crippen LogP contribution >= 0.6 is 24.4 Å². The monoisotopic (exact) mass is 226 g/mol. The first-order chi connectivity index (χ1) is 6.86. The van der Waals surface area contributed by atoms with Gasteiger partial charge in [-0.1, -0.05) is 0 Å². The third-order valence-corrected chi connectivity index (χ3v) is 3.05. The Hall–Kier alpha value is -0.400. The van der Waals surface area contributed by atoms with Crippen molar-refractivity contribution in [2.45, 2.75) is 25.7 Å². The molecule has 0 aliphatic heterocycles. The lowest BCUT2D eigenvalue weighted by atomic mass is 9.82. The van der Waals surface area contributed by atoms with Gasteiger partial charge >= 0.3 is 0 Å². The summed E-state index contributed by atoms with van der Waals surface area (Å²) in [6.07, 6.45) is 4.94. The predicted molar refractivity (Wildman–Crippen MR) is 65.2 cm³/mol. The zero-order valence-corrected chi connectivity index (χ0v) is 9.74. The molecule has 0 aromatic carbocycles. The predicted octanol–water partition coefficient (Wildman–Crippen LogP) is 3.00. The van der Waals surface area contributed by atoms with E-state index in [2.05, 4.69) is 44.7 Å². The Bertz CT molecular complexity index is 229. The molecule has 0 spiro atoms. The van der Waals surface area contributed by atoms with Gasteiger partial charge < -0.3 is 0 Å². The summed E-state index contributed by atoms with van der Waals surface area (Å²) in [7, 11) is 0. The van der Waals surface area contributed by atoms with Gasteiger partial charge in [-0.25, -0.2) is 9.98 Å². The van der Waals surface area contributed by atoms with Gasteiger partial charge in [-0.2, -0.15) is 0 Å². The quantitative estimate of drug-likeness (QED) is 0.544. The maximum Gasteiger partial charge on any atom is 0.0585 e. The summed E-state index contributed by atoms with van der Waals surface area (Å²) in [5.74, 6) is 1.41. The summed E-state index contributed by atoms with van der Waals surface area (Å²) in [4.78, 5) is 7.99. The van der Waals surface area contributed by atoms with Crippen LogP contribution in [0.15, 0.2) is 9.98 Å². The van der Waals surface area contributed by atoms with Gasteiger partial charge in [0.25, 0.3) is 0 Å². The first-order valence-electron chi connectivity index (χ1n) is 4.94. The fourth-order valence-corrected chi connectivity index (χ4v) is 2.08. The van der Waals surface area contributed by atoms with Crippen LogP contribution in [0.5, 0.6) is 0 Å². The lowest BCUT2D eigenvalue weighted by Crippen LogP contribution is -2.18. The lowest BCUT2D eigenvalue weighted by Gasteiger charge is -2.25. The Morgan fingerprint density at radius 1 is 0.857 bits per heavy atom. The molecule has 0 unspecified atom stereocenters. The molecule has 1 rings (SSSR count). The molecule has 0 N–H and O–H groups in total. The van der Waals surface area contributed by atoms with Crippen molar-refractivity contribution < 1.29 is 0 Å². The molecule has 0 bridgehead atoms. The number of thiocarbonyl (C=S) groups is 2. The van der Waals surface area contributed by atoms with E-state index in [0.29, 0.717) is 11.8 Å². The van der Waals surface area contributed by atoms with E-state index >= 15 is 0 Å². The standard InChI is InChI=1S/C10H14N2S2/c13-7-11-5-9-1-2-10(4-3-9)6-12-8-14/h9-10H,1-6H2. The smallest absolute Gasteiger partial charge is 0.0585 e. The Morgan fingerprint density at radius 2 is 1.21 bits per heavy atom. The van der Waals surface area contributed by atoms with Crippen molar-refractivity contribution in [2.75, 3.05) is 13.1 Å². The third-order valence-electron chi connectivity index (χ3n) is 2.79. The Balaban J connectivity index is 2.23. The minimum atomic E-state index is 0.707. The van der Waals surface area contributed by atoms with Crippen LogP contribution in [-0.2, 0) is 0 Å². The van der Waals surface area contributed by atoms with Crippen LogP contribution in [0.4, 0.5) is 0 Å². The second kappa shape index (κ2) is 6.97. The molecule has 76 valence electrons. The first-order valence-corrected chi connectivity index (χ1v) is 5.75. The van der Waals surface area contributed by atoms with Gasteiger partial charge in [0.15, 0.2) is 0 Å². The minimum Gasteiger partial charge on any atom is -0.232 e.